The van der Waals surface area contributed by atoms with Gasteiger partial charge in [-0.3, -0.25) is 4.39 Å². The van der Waals surface area contributed by atoms with Crippen molar-refractivity contribution in [2.75, 3.05) is 0 Å². The van der Waals surface area contributed by atoms with Crippen LogP contribution < -0.4 is 4.39 Å². The molecule has 0 atom stereocenters. The smallest absolute Gasteiger partial charge is 0.400 e. The molecule has 0 amide bonds. The summed E-state index contributed by atoms with van der Waals surface area (Å²) in [6.07, 6.45) is 1.56. The fourth-order valence-corrected chi connectivity index (χ4v) is 2.03. The molecule has 0 saturated heterocycles. The van der Waals surface area contributed by atoms with Crippen molar-refractivity contribution in [2.45, 2.75) is 0 Å². The maximum absolute atomic E-state index is 10.3. The van der Waals surface area contributed by atoms with Crippen molar-refractivity contribution in [3.8, 4) is 0 Å². The summed E-state index contributed by atoms with van der Waals surface area (Å²) in [6.45, 7) is 0. The molecule has 1 rings (SSSR count). The van der Waals surface area contributed by atoms with Gasteiger partial charge in [0.1, 0.15) is 0 Å². The SMILES string of the molecule is [O-][n+]1cccp[siH]1. The molecule has 0 unspecified atom stereocenters. The van der Waals surface area contributed by atoms with E-state index in [1.807, 2.05) is 5.80 Å². The Balaban J connectivity index is 3.02. The van der Waals surface area contributed by atoms with E-state index in [1.165, 1.54) is 7.73 Å². The summed E-state index contributed by atoms with van der Waals surface area (Å²) >= 11 is 0. The summed E-state index contributed by atoms with van der Waals surface area (Å²) in [5.74, 6) is 1.99. The molecule has 4 heteroatoms. The molecule has 1 aromatic heterocycles. The lowest BCUT2D eigenvalue weighted by atomic mass is 10.8. The van der Waals surface area contributed by atoms with Crippen molar-refractivity contribution in [1.82, 2.24) is 0 Å². The van der Waals surface area contributed by atoms with Gasteiger partial charge in [-0.1, -0.05) is 0 Å². The van der Waals surface area contributed by atoms with E-state index in [2.05, 4.69) is 0 Å². The Morgan fingerprint density at radius 3 is 2.86 bits per heavy atom. The second-order valence-electron chi connectivity index (χ2n) is 1.12. The second-order valence-corrected chi connectivity index (χ2v) is 4.04. The van der Waals surface area contributed by atoms with E-state index < -0.39 is 0 Å². The molecule has 0 N–H and O–H groups in total. The fraction of sp³-hybridized carbons (Fsp3) is 0. The van der Waals surface area contributed by atoms with Gasteiger partial charge in [-0.2, -0.15) is 0 Å². The van der Waals surface area contributed by atoms with Crippen LogP contribution in [0.2, 0.25) is 0 Å². The summed E-state index contributed by atoms with van der Waals surface area (Å²) in [4.78, 5) is 0. The molecule has 7 heavy (non-hydrogen) atoms. The molecule has 0 aromatic carbocycles. The molecule has 0 radical (unpaired) electrons. The topological polar surface area (TPSA) is 26.9 Å². The Hall–Kier alpha value is -0.273. The van der Waals surface area contributed by atoms with Crippen LogP contribution in [0.3, 0.4) is 0 Å². The van der Waals surface area contributed by atoms with Crippen molar-refractivity contribution in [1.29, 1.82) is 0 Å². The third kappa shape index (κ3) is 1.33. The molecule has 2 nitrogen and oxygen atoms in total. The Morgan fingerprint density at radius 1 is 1.71 bits per heavy atom. The normalized spacial score (nSPS) is 9.71. The summed E-state index contributed by atoms with van der Waals surface area (Å²) in [5, 5.41) is 10.3. The third-order valence-electron chi connectivity index (χ3n) is 0.586. The molecule has 0 saturated carbocycles. The van der Waals surface area contributed by atoms with Crippen molar-refractivity contribution in [2.24, 2.45) is 0 Å². The van der Waals surface area contributed by atoms with E-state index in [4.69, 9.17) is 0 Å². The van der Waals surface area contributed by atoms with Gasteiger partial charge in [-0.05, 0) is 13.5 Å². The monoisotopic (exact) mass is 129 g/mol. The molecule has 0 bridgehead atoms. The van der Waals surface area contributed by atoms with Crippen LogP contribution in [0.4, 0.5) is 0 Å². The van der Waals surface area contributed by atoms with E-state index >= 15 is 0 Å². The highest BCUT2D eigenvalue weighted by Crippen LogP contribution is 1.86. The lowest BCUT2D eigenvalue weighted by molar-refractivity contribution is -0.543. The van der Waals surface area contributed by atoms with E-state index in [0.717, 1.165) is 4.39 Å². The maximum Gasteiger partial charge on any atom is 0.400 e. The minimum Gasteiger partial charge on any atom is -0.639 e. The molecule has 36 valence electrons. The highest BCUT2D eigenvalue weighted by atomic mass is 31.2. The molecular formula is C3H4NOPSi. The van der Waals surface area contributed by atoms with Crippen LogP contribution in [0.1, 0.15) is 0 Å². The standard InChI is InChI=1S/C3H4NOPSi/c5-4-2-1-3-6-7-4/h1-3,7H. The first-order valence-electron chi connectivity index (χ1n) is 1.88. The summed E-state index contributed by atoms with van der Waals surface area (Å²) in [6, 6.07) is 1.78. The minimum absolute atomic E-state index is 0.0382. The third-order valence-corrected chi connectivity index (χ3v) is 3.06. The van der Waals surface area contributed by atoms with Crippen molar-refractivity contribution >= 4 is 16.7 Å². The van der Waals surface area contributed by atoms with Crippen LogP contribution in [0, 0.1) is 5.21 Å². The van der Waals surface area contributed by atoms with E-state index in [9.17, 15) is 5.21 Å². The largest absolute Gasteiger partial charge is 0.639 e. The summed E-state index contributed by atoms with van der Waals surface area (Å²) in [5.41, 5.74) is 0. The van der Waals surface area contributed by atoms with Gasteiger partial charge in [0.15, 0.2) is 6.20 Å². The van der Waals surface area contributed by atoms with E-state index in [-0.39, 0.29) is 8.94 Å². The van der Waals surface area contributed by atoms with Crippen LogP contribution in [-0.2, 0) is 0 Å². The molecule has 0 aliphatic carbocycles. The van der Waals surface area contributed by atoms with Crippen LogP contribution in [0.25, 0.3) is 0 Å². The van der Waals surface area contributed by atoms with Crippen LogP contribution in [0.15, 0.2) is 18.1 Å². The Morgan fingerprint density at radius 2 is 2.57 bits per heavy atom. The number of nitrogens with zero attached hydrogens (tertiary/aromatic N) is 1. The molecule has 1 heterocycles. The molecule has 1 aromatic rings. The zero-order chi connectivity index (χ0) is 5.11. The predicted octanol–water partition coefficient (Wildman–Crippen LogP) is -0.0295. The Labute approximate surface area is 45.2 Å². The van der Waals surface area contributed by atoms with Gasteiger partial charge in [0.05, 0.1) is 0 Å². The highest BCUT2D eigenvalue weighted by molar-refractivity contribution is 7.49. The van der Waals surface area contributed by atoms with Gasteiger partial charge < -0.3 is 5.21 Å². The van der Waals surface area contributed by atoms with E-state index in [0.29, 0.717) is 0 Å². The van der Waals surface area contributed by atoms with Crippen molar-refractivity contribution < 1.29 is 4.39 Å². The van der Waals surface area contributed by atoms with Crippen molar-refractivity contribution in [3.63, 3.8) is 0 Å². The molecular weight excluding hydrogens is 125 g/mol. The second kappa shape index (κ2) is 2.14. The number of hydrogen-bond donors (Lipinski definition) is 0. The highest BCUT2D eigenvalue weighted by Gasteiger charge is 1.77. The summed E-state index contributed by atoms with van der Waals surface area (Å²) < 4.78 is 1.00. The number of hydrogen-bond acceptors (Lipinski definition) is 1. The zero-order valence-electron chi connectivity index (χ0n) is 3.61. The zero-order valence-corrected chi connectivity index (χ0v) is 5.66. The average molecular weight is 129 g/mol. The molecule has 0 fully saturated rings. The average Bonchev–Trinajstić information content (AvgIpc) is 1.69. The van der Waals surface area contributed by atoms with Crippen LogP contribution in [-0.4, -0.2) is 8.94 Å². The van der Waals surface area contributed by atoms with Gasteiger partial charge in [0, 0.05) is 6.07 Å². The predicted molar refractivity (Wildman–Crippen MR) is 30.7 cm³/mol. The quantitative estimate of drug-likeness (QED) is 0.357. The molecule has 0 spiro atoms. The van der Waals surface area contributed by atoms with Gasteiger partial charge in [-0.25, -0.2) is 0 Å². The van der Waals surface area contributed by atoms with Gasteiger partial charge in [0.2, 0.25) is 0 Å². The first kappa shape index (κ1) is 4.88. The first-order valence-corrected chi connectivity index (χ1v) is 4.98. The minimum atomic E-state index is -0.0382. The summed E-state index contributed by atoms with van der Waals surface area (Å²) in [7, 11) is 1.14. The first-order chi connectivity index (χ1) is 3.39. The lowest BCUT2D eigenvalue weighted by Crippen LogP contribution is -2.28. The number of aromatic nitrogens is 1. The van der Waals surface area contributed by atoms with E-state index in [1.54, 1.807) is 12.3 Å². The fourth-order valence-electron chi connectivity index (χ4n) is 0.316. The Bertz CT molecular complexity index is 145. The Kier molecular flexibility index (Phi) is 1.49. The van der Waals surface area contributed by atoms with Crippen molar-refractivity contribution in [3.05, 3.63) is 23.3 Å². The maximum atomic E-state index is 10.3. The molecule has 0 aliphatic heterocycles. The molecule has 0 aliphatic rings. The van der Waals surface area contributed by atoms with Gasteiger partial charge in [-0.15, -0.1) is 0 Å². The van der Waals surface area contributed by atoms with Crippen LogP contribution in [0.5, 0.6) is 0 Å². The number of rotatable bonds is 0. The lowest BCUT2D eigenvalue weighted by Gasteiger charge is -1.89. The van der Waals surface area contributed by atoms with Gasteiger partial charge in [0.25, 0.3) is 0 Å². The van der Waals surface area contributed by atoms with Crippen LogP contribution >= 0.6 is 7.73 Å². The van der Waals surface area contributed by atoms with Gasteiger partial charge >= 0.3 is 8.94 Å².